The first kappa shape index (κ1) is 13.4. The molecule has 3 N–H and O–H groups in total. The van der Waals surface area contributed by atoms with Gasteiger partial charge in [-0.1, -0.05) is 6.92 Å². The van der Waals surface area contributed by atoms with E-state index < -0.39 is 5.60 Å². The van der Waals surface area contributed by atoms with E-state index in [9.17, 15) is 4.79 Å². The van der Waals surface area contributed by atoms with E-state index in [1.807, 2.05) is 20.8 Å². The monoisotopic (exact) mass is 202 g/mol. The zero-order chi connectivity index (χ0) is 11.2. The smallest absolute Gasteiger partial charge is 0.222 e. The van der Waals surface area contributed by atoms with Gasteiger partial charge in [0.15, 0.2) is 0 Å². The fourth-order valence-corrected chi connectivity index (χ4v) is 0.893. The lowest BCUT2D eigenvalue weighted by Gasteiger charge is -2.22. The number of carbonyl (C=O) groups is 1. The molecule has 0 aliphatic carbocycles. The maximum atomic E-state index is 11.4. The van der Waals surface area contributed by atoms with E-state index in [4.69, 9.17) is 10.5 Å². The standard InChI is InChI=1S/C10H22N2O2/c1-8(6-11)7-12-9(13)5-10(2,3)14-4/h8H,5-7,11H2,1-4H3,(H,12,13). The fourth-order valence-electron chi connectivity index (χ4n) is 0.893. The third-order valence-electron chi connectivity index (χ3n) is 2.19. The third-order valence-corrected chi connectivity index (χ3v) is 2.19. The minimum atomic E-state index is -0.393. The van der Waals surface area contributed by atoms with Crippen molar-refractivity contribution >= 4 is 5.91 Å². The molecule has 0 aliphatic heterocycles. The highest BCUT2D eigenvalue weighted by atomic mass is 16.5. The van der Waals surface area contributed by atoms with Crippen molar-refractivity contribution in [3.8, 4) is 0 Å². The number of amides is 1. The van der Waals surface area contributed by atoms with Crippen LogP contribution < -0.4 is 11.1 Å². The summed E-state index contributed by atoms with van der Waals surface area (Å²) in [4.78, 5) is 11.4. The van der Waals surface area contributed by atoms with Crippen LogP contribution in [-0.2, 0) is 9.53 Å². The van der Waals surface area contributed by atoms with Crippen LogP contribution in [0.1, 0.15) is 27.2 Å². The van der Waals surface area contributed by atoms with Crippen LogP contribution in [-0.4, -0.2) is 31.7 Å². The first-order valence-electron chi connectivity index (χ1n) is 4.93. The summed E-state index contributed by atoms with van der Waals surface area (Å²) in [6.07, 6.45) is 0.376. The van der Waals surface area contributed by atoms with Gasteiger partial charge >= 0.3 is 0 Å². The molecule has 0 saturated carbocycles. The van der Waals surface area contributed by atoms with Gasteiger partial charge in [0.2, 0.25) is 5.91 Å². The van der Waals surface area contributed by atoms with Crippen molar-refractivity contribution in [2.24, 2.45) is 11.7 Å². The lowest BCUT2D eigenvalue weighted by atomic mass is 10.0. The van der Waals surface area contributed by atoms with Crippen LogP contribution >= 0.6 is 0 Å². The Hall–Kier alpha value is -0.610. The molecule has 0 aromatic rings. The van der Waals surface area contributed by atoms with Crippen molar-refractivity contribution in [3.63, 3.8) is 0 Å². The molecule has 0 saturated heterocycles. The number of hydrogen-bond acceptors (Lipinski definition) is 3. The number of rotatable bonds is 6. The van der Waals surface area contributed by atoms with Crippen LogP contribution in [0.5, 0.6) is 0 Å². The lowest BCUT2D eigenvalue weighted by molar-refractivity contribution is -0.126. The Labute approximate surface area is 86.2 Å². The van der Waals surface area contributed by atoms with Gasteiger partial charge in [-0.25, -0.2) is 0 Å². The Kier molecular flexibility index (Phi) is 5.72. The number of hydrogen-bond donors (Lipinski definition) is 2. The predicted octanol–water partition coefficient (Wildman–Crippen LogP) is 0.513. The van der Waals surface area contributed by atoms with Crippen molar-refractivity contribution in [2.45, 2.75) is 32.8 Å². The molecular formula is C10H22N2O2. The minimum Gasteiger partial charge on any atom is -0.378 e. The van der Waals surface area contributed by atoms with Crippen molar-refractivity contribution in [1.82, 2.24) is 5.32 Å². The fraction of sp³-hybridized carbons (Fsp3) is 0.900. The van der Waals surface area contributed by atoms with E-state index in [-0.39, 0.29) is 5.91 Å². The maximum Gasteiger partial charge on any atom is 0.222 e. The van der Waals surface area contributed by atoms with Crippen molar-refractivity contribution in [2.75, 3.05) is 20.2 Å². The second-order valence-corrected chi connectivity index (χ2v) is 4.29. The lowest BCUT2D eigenvalue weighted by Crippen LogP contribution is -2.36. The molecule has 0 heterocycles. The van der Waals surface area contributed by atoms with E-state index in [1.165, 1.54) is 0 Å². The summed E-state index contributed by atoms with van der Waals surface area (Å²) in [5, 5.41) is 2.82. The Morgan fingerprint density at radius 2 is 2.14 bits per heavy atom. The van der Waals surface area contributed by atoms with Crippen LogP contribution in [0, 0.1) is 5.92 Å². The second-order valence-electron chi connectivity index (χ2n) is 4.29. The Morgan fingerprint density at radius 1 is 1.57 bits per heavy atom. The highest BCUT2D eigenvalue weighted by Gasteiger charge is 2.20. The topological polar surface area (TPSA) is 64.3 Å². The Bertz CT molecular complexity index is 181. The molecule has 4 heteroatoms. The van der Waals surface area contributed by atoms with Crippen LogP contribution in [0.25, 0.3) is 0 Å². The summed E-state index contributed by atoms with van der Waals surface area (Å²) < 4.78 is 5.16. The molecule has 1 atom stereocenters. The van der Waals surface area contributed by atoms with Gasteiger partial charge in [-0.2, -0.15) is 0 Å². The summed E-state index contributed by atoms with van der Waals surface area (Å²) in [7, 11) is 1.61. The number of ether oxygens (including phenoxy) is 1. The van der Waals surface area contributed by atoms with Gasteiger partial charge in [0.1, 0.15) is 0 Å². The molecule has 14 heavy (non-hydrogen) atoms. The van der Waals surface area contributed by atoms with E-state index in [0.29, 0.717) is 25.4 Å². The molecule has 0 fully saturated rings. The van der Waals surface area contributed by atoms with Crippen molar-refractivity contribution in [3.05, 3.63) is 0 Å². The average Bonchev–Trinajstić information content (AvgIpc) is 2.13. The molecule has 0 aliphatic rings. The van der Waals surface area contributed by atoms with Gasteiger partial charge in [-0.3, -0.25) is 4.79 Å². The normalized spacial score (nSPS) is 13.8. The van der Waals surface area contributed by atoms with Gasteiger partial charge < -0.3 is 15.8 Å². The van der Waals surface area contributed by atoms with Gasteiger partial charge in [0.05, 0.1) is 12.0 Å². The molecule has 4 nitrogen and oxygen atoms in total. The largest absolute Gasteiger partial charge is 0.378 e. The molecule has 0 rings (SSSR count). The molecule has 0 aromatic heterocycles. The van der Waals surface area contributed by atoms with E-state index >= 15 is 0 Å². The summed E-state index contributed by atoms with van der Waals surface area (Å²) >= 11 is 0. The van der Waals surface area contributed by atoms with Crippen LogP contribution in [0.2, 0.25) is 0 Å². The van der Waals surface area contributed by atoms with Crippen LogP contribution in [0.4, 0.5) is 0 Å². The highest BCUT2D eigenvalue weighted by molar-refractivity contribution is 5.76. The molecule has 0 bridgehead atoms. The zero-order valence-electron chi connectivity index (χ0n) is 9.59. The number of nitrogens with two attached hydrogens (primary N) is 1. The average molecular weight is 202 g/mol. The summed E-state index contributed by atoms with van der Waals surface area (Å²) in [5.41, 5.74) is 5.04. The van der Waals surface area contributed by atoms with Gasteiger partial charge in [-0.05, 0) is 26.3 Å². The highest BCUT2D eigenvalue weighted by Crippen LogP contribution is 2.12. The molecule has 0 aromatic carbocycles. The Balaban J connectivity index is 3.76. The van der Waals surface area contributed by atoms with Crippen molar-refractivity contribution in [1.29, 1.82) is 0 Å². The van der Waals surface area contributed by atoms with Crippen LogP contribution in [0.3, 0.4) is 0 Å². The zero-order valence-corrected chi connectivity index (χ0v) is 9.59. The maximum absolute atomic E-state index is 11.4. The SMILES string of the molecule is COC(C)(C)CC(=O)NCC(C)CN. The number of methoxy groups -OCH3 is 1. The predicted molar refractivity (Wildman–Crippen MR) is 56.9 cm³/mol. The van der Waals surface area contributed by atoms with E-state index in [2.05, 4.69) is 5.32 Å². The van der Waals surface area contributed by atoms with Crippen LogP contribution in [0.15, 0.2) is 0 Å². The Morgan fingerprint density at radius 3 is 2.57 bits per heavy atom. The van der Waals surface area contributed by atoms with Gasteiger partial charge in [0, 0.05) is 13.7 Å². The molecule has 84 valence electrons. The first-order chi connectivity index (χ1) is 6.41. The first-order valence-corrected chi connectivity index (χ1v) is 4.93. The van der Waals surface area contributed by atoms with E-state index in [1.54, 1.807) is 7.11 Å². The molecular weight excluding hydrogens is 180 g/mol. The minimum absolute atomic E-state index is 0.0112. The second kappa shape index (κ2) is 5.98. The van der Waals surface area contributed by atoms with Gasteiger partial charge in [0.25, 0.3) is 0 Å². The molecule has 1 amide bonds. The summed E-state index contributed by atoms with van der Waals surface area (Å²) in [6, 6.07) is 0. The number of carbonyl (C=O) groups excluding carboxylic acids is 1. The summed E-state index contributed by atoms with van der Waals surface area (Å²) in [5.74, 6) is 0.335. The third kappa shape index (κ3) is 5.94. The van der Waals surface area contributed by atoms with Gasteiger partial charge in [-0.15, -0.1) is 0 Å². The summed E-state index contributed by atoms with van der Waals surface area (Å²) in [6.45, 7) is 7.00. The van der Waals surface area contributed by atoms with E-state index in [0.717, 1.165) is 0 Å². The van der Waals surface area contributed by atoms with Crippen molar-refractivity contribution < 1.29 is 9.53 Å². The quantitative estimate of drug-likeness (QED) is 0.659. The molecule has 0 radical (unpaired) electrons. The number of nitrogens with one attached hydrogen (secondary N) is 1. The molecule has 1 unspecified atom stereocenters. The molecule has 0 spiro atoms.